The van der Waals surface area contributed by atoms with Crippen LogP contribution in [0.5, 0.6) is 0 Å². The van der Waals surface area contributed by atoms with Gasteiger partial charge in [-0.1, -0.05) is 35.9 Å². The second-order valence-corrected chi connectivity index (χ2v) is 5.47. The van der Waals surface area contributed by atoms with Gasteiger partial charge < -0.3 is 9.80 Å². The van der Waals surface area contributed by atoms with Crippen LogP contribution in [0.15, 0.2) is 54.6 Å². The molecule has 0 unspecified atom stereocenters. The van der Waals surface area contributed by atoms with Crippen LogP contribution in [-0.2, 0) is 4.79 Å². The van der Waals surface area contributed by atoms with Crippen molar-refractivity contribution in [1.82, 2.24) is 4.90 Å². The fourth-order valence-electron chi connectivity index (χ4n) is 2.61. The van der Waals surface area contributed by atoms with Gasteiger partial charge in [0, 0.05) is 24.3 Å². The van der Waals surface area contributed by atoms with Crippen LogP contribution < -0.4 is 4.90 Å². The molecule has 2 amide bonds. The summed E-state index contributed by atoms with van der Waals surface area (Å²) in [4.78, 5) is 28.1. The largest absolute Gasteiger partial charge is 0.328 e. The van der Waals surface area contributed by atoms with Crippen LogP contribution in [0.4, 0.5) is 5.69 Å². The maximum atomic E-state index is 12.4. The van der Waals surface area contributed by atoms with Crippen LogP contribution in [-0.4, -0.2) is 36.3 Å². The second kappa shape index (κ2) is 6.02. The minimum Gasteiger partial charge on any atom is -0.328 e. The predicted molar refractivity (Wildman–Crippen MR) is 85.9 cm³/mol. The lowest BCUT2D eigenvalue weighted by atomic mass is 10.1. The van der Waals surface area contributed by atoms with E-state index in [-0.39, 0.29) is 18.4 Å². The Labute approximate surface area is 130 Å². The van der Waals surface area contributed by atoms with Crippen LogP contribution in [0.2, 0.25) is 0 Å². The first-order valence-electron chi connectivity index (χ1n) is 7.36. The van der Waals surface area contributed by atoms with E-state index in [9.17, 15) is 9.59 Å². The van der Waals surface area contributed by atoms with E-state index in [1.165, 1.54) is 0 Å². The van der Waals surface area contributed by atoms with Crippen LogP contribution in [0.1, 0.15) is 15.9 Å². The fourth-order valence-corrected chi connectivity index (χ4v) is 2.61. The Balaban J connectivity index is 1.71. The van der Waals surface area contributed by atoms with Crippen molar-refractivity contribution in [2.45, 2.75) is 6.92 Å². The molecule has 0 N–H and O–H groups in total. The van der Waals surface area contributed by atoms with Gasteiger partial charge in [-0.3, -0.25) is 9.59 Å². The van der Waals surface area contributed by atoms with Crippen molar-refractivity contribution in [3.63, 3.8) is 0 Å². The fraction of sp³-hybridized carbons (Fsp3) is 0.222. The number of benzene rings is 2. The number of amides is 2. The summed E-state index contributed by atoms with van der Waals surface area (Å²) in [5.74, 6) is -0.128. The topological polar surface area (TPSA) is 40.6 Å². The van der Waals surface area contributed by atoms with Gasteiger partial charge >= 0.3 is 0 Å². The summed E-state index contributed by atoms with van der Waals surface area (Å²) < 4.78 is 0. The summed E-state index contributed by atoms with van der Waals surface area (Å²) >= 11 is 0. The third-order valence-corrected chi connectivity index (χ3v) is 3.87. The molecule has 0 aliphatic carbocycles. The van der Waals surface area contributed by atoms with E-state index in [1.807, 2.05) is 49.4 Å². The molecule has 0 saturated carbocycles. The SMILES string of the molecule is Cc1ccc(N2CCN(C(=O)c3ccccc3)CC2=O)cc1. The predicted octanol–water partition coefficient (Wildman–Crippen LogP) is 2.48. The molecule has 0 radical (unpaired) electrons. The molecule has 2 aromatic carbocycles. The number of hydrogen-bond acceptors (Lipinski definition) is 2. The third-order valence-electron chi connectivity index (χ3n) is 3.87. The number of aryl methyl sites for hydroxylation is 1. The zero-order valence-electron chi connectivity index (χ0n) is 12.5. The van der Waals surface area contributed by atoms with E-state index < -0.39 is 0 Å². The third kappa shape index (κ3) is 2.86. The molecule has 1 fully saturated rings. The lowest BCUT2D eigenvalue weighted by Crippen LogP contribution is -2.52. The van der Waals surface area contributed by atoms with E-state index in [1.54, 1.807) is 21.9 Å². The van der Waals surface area contributed by atoms with Crippen LogP contribution in [0, 0.1) is 6.92 Å². The summed E-state index contributed by atoms with van der Waals surface area (Å²) in [5, 5.41) is 0. The molecule has 1 aliphatic rings. The van der Waals surface area contributed by atoms with Gasteiger partial charge in [0.15, 0.2) is 0 Å². The highest BCUT2D eigenvalue weighted by Crippen LogP contribution is 2.19. The molecule has 1 aliphatic heterocycles. The Morgan fingerprint density at radius 1 is 0.955 bits per heavy atom. The smallest absolute Gasteiger partial charge is 0.254 e. The number of nitrogens with zero attached hydrogens (tertiary/aromatic N) is 2. The Hall–Kier alpha value is -2.62. The van der Waals surface area contributed by atoms with Gasteiger partial charge in [-0.25, -0.2) is 0 Å². The van der Waals surface area contributed by atoms with Crippen LogP contribution in [0.25, 0.3) is 0 Å². The molecule has 1 heterocycles. The van der Waals surface area contributed by atoms with Gasteiger partial charge in [-0.15, -0.1) is 0 Å². The first kappa shape index (κ1) is 14.3. The number of hydrogen-bond donors (Lipinski definition) is 0. The Bertz CT molecular complexity index is 680. The first-order chi connectivity index (χ1) is 10.6. The van der Waals surface area contributed by atoms with Crippen molar-refractivity contribution in [2.24, 2.45) is 0 Å². The quantitative estimate of drug-likeness (QED) is 0.854. The Morgan fingerprint density at radius 2 is 1.64 bits per heavy atom. The van der Waals surface area contributed by atoms with Gasteiger partial charge in [-0.05, 0) is 31.2 Å². The van der Waals surface area contributed by atoms with Crippen molar-refractivity contribution in [3.8, 4) is 0 Å². The summed E-state index contributed by atoms with van der Waals surface area (Å²) in [6, 6.07) is 17.0. The van der Waals surface area contributed by atoms with Gasteiger partial charge in [-0.2, -0.15) is 0 Å². The minimum absolute atomic E-state index is 0.0422. The molecule has 4 nitrogen and oxygen atoms in total. The van der Waals surface area contributed by atoms with Gasteiger partial charge in [0.25, 0.3) is 5.91 Å². The van der Waals surface area contributed by atoms with E-state index in [2.05, 4.69) is 0 Å². The molecule has 3 rings (SSSR count). The molecule has 0 bridgehead atoms. The van der Waals surface area contributed by atoms with E-state index >= 15 is 0 Å². The molecule has 0 aromatic heterocycles. The molecule has 0 spiro atoms. The normalized spacial score (nSPS) is 15.0. The minimum atomic E-state index is -0.0856. The standard InChI is InChI=1S/C18H18N2O2/c1-14-7-9-16(10-8-14)20-12-11-19(13-17(20)21)18(22)15-5-3-2-4-6-15/h2-10H,11-13H2,1H3. The summed E-state index contributed by atoms with van der Waals surface area (Å²) in [7, 11) is 0. The van der Waals surface area contributed by atoms with Crippen molar-refractivity contribution in [1.29, 1.82) is 0 Å². The average Bonchev–Trinajstić information content (AvgIpc) is 2.56. The zero-order valence-corrected chi connectivity index (χ0v) is 12.5. The summed E-state index contributed by atoms with van der Waals surface area (Å²) in [5.41, 5.74) is 2.68. The van der Waals surface area contributed by atoms with Crippen molar-refractivity contribution >= 4 is 17.5 Å². The lowest BCUT2D eigenvalue weighted by molar-refractivity contribution is -0.120. The molecular formula is C18H18N2O2. The number of carbonyl (C=O) groups excluding carboxylic acids is 2. The first-order valence-corrected chi connectivity index (χ1v) is 7.36. The molecule has 112 valence electrons. The molecule has 1 saturated heterocycles. The Kier molecular flexibility index (Phi) is 3.92. The summed E-state index contributed by atoms with van der Waals surface area (Å²) in [6.45, 7) is 3.22. The number of anilines is 1. The van der Waals surface area contributed by atoms with Crippen LogP contribution >= 0.6 is 0 Å². The maximum absolute atomic E-state index is 12.4. The number of piperazine rings is 1. The van der Waals surface area contributed by atoms with Gasteiger partial charge in [0.2, 0.25) is 5.91 Å². The van der Waals surface area contributed by atoms with Gasteiger partial charge in [0.05, 0.1) is 0 Å². The molecule has 4 heteroatoms. The highest BCUT2D eigenvalue weighted by molar-refractivity contribution is 6.01. The van der Waals surface area contributed by atoms with Crippen molar-refractivity contribution in [2.75, 3.05) is 24.5 Å². The molecule has 22 heavy (non-hydrogen) atoms. The molecular weight excluding hydrogens is 276 g/mol. The maximum Gasteiger partial charge on any atom is 0.254 e. The Morgan fingerprint density at radius 3 is 2.27 bits per heavy atom. The summed E-state index contributed by atoms with van der Waals surface area (Å²) in [6.07, 6.45) is 0. The number of rotatable bonds is 2. The zero-order chi connectivity index (χ0) is 15.5. The second-order valence-electron chi connectivity index (χ2n) is 5.47. The monoisotopic (exact) mass is 294 g/mol. The van der Waals surface area contributed by atoms with E-state index in [0.717, 1.165) is 11.3 Å². The van der Waals surface area contributed by atoms with E-state index in [4.69, 9.17) is 0 Å². The highest BCUT2D eigenvalue weighted by atomic mass is 16.2. The van der Waals surface area contributed by atoms with Gasteiger partial charge in [0.1, 0.15) is 6.54 Å². The van der Waals surface area contributed by atoms with E-state index in [0.29, 0.717) is 18.7 Å². The average molecular weight is 294 g/mol. The van der Waals surface area contributed by atoms with Crippen LogP contribution in [0.3, 0.4) is 0 Å². The van der Waals surface area contributed by atoms with Crippen molar-refractivity contribution in [3.05, 3.63) is 65.7 Å². The lowest BCUT2D eigenvalue weighted by Gasteiger charge is -2.34. The molecule has 0 atom stereocenters. The van der Waals surface area contributed by atoms with Crippen molar-refractivity contribution < 1.29 is 9.59 Å². The highest BCUT2D eigenvalue weighted by Gasteiger charge is 2.28. The number of carbonyl (C=O) groups is 2. The molecule has 2 aromatic rings.